The molecule has 0 atom stereocenters. The SMILES string of the molecule is CC(C)(N)C1CCC(C#CN2Cc3ccc(O)c(F)c3C2=O)CC1. The molecule has 5 heteroatoms. The van der Waals surface area contributed by atoms with E-state index in [-0.39, 0.29) is 23.6 Å². The van der Waals surface area contributed by atoms with E-state index >= 15 is 0 Å². The summed E-state index contributed by atoms with van der Waals surface area (Å²) in [5.41, 5.74) is 6.53. The standard InChI is InChI=1S/C19H23FN2O2/c1-19(2,21)14-6-3-12(4-7-14)9-10-22-11-13-5-8-15(23)17(20)16(13)18(22)24/h5,8,12,14,23H,3-4,6-7,11,21H2,1-2H3. The van der Waals surface area contributed by atoms with Crippen LogP contribution in [0.4, 0.5) is 4.39 Å². The number of fused-ring (bicyclic) bond motifs is 1. The zero-order chi connectivity index (χ0) is 17.5. The Balaban J connectivity index is 1.67. The predicted molar refractivity (Wildman–Crippen MR) is 89.4 cm³/mol. The summed E-state index contributed by atoms with van der Waals surface area (Å²) in [6, 6.07) is 5.75. The molecule has 24 heavy (non-hydrogen) atoms. The van der Waals surface area contributed by atoms with Gasteiger partial charge < -0.3 is 10.8 Å². The molecule has 1 heterocycles. The quantitative estimate of drug-likeness (QED) is 0.778. The Kier molecular flexibility index (Phi) is 4.27. The van der Waals surface area contributed by atoms with E-state index < -0.39 is 17.5 Å². The van der Waals surface area contributed by atoms with E-state index in [0.29, 0.717) is 11.5 Å². The molecule has 4 nitrogen and oxygen atoms in total. The monoisotopic (exact) mass is 330 g/mol. The van der Waals surface area contributed by atoms with E-state index in [4.69, 9.17) is 5.73 Å². The average molecular weight is 330 g/mol. The highest BCUT2D eigenvalue weighted by Crippen LogP contribution is 2.34. The second-order valence-corrected chi connectivity index (χ2v) is 7.45. The summed E-state index contributed by atoms with van der Waals surface area (Å²) in [4.78, 5) is 13.6. The first kappa shape index (κ1) is 16.8. The van der Waals surface area contributed by atoms with Gasteiger partial charge in [0.25, 0.3) is 5.91 Å². The third-order valence-corrected chi connectivity index (χ3v) is 5.18. The summed E-state index contributed by atoms with van der Waals surface area (Å²) in [6.07, 6.45) is 4.03. The molecule has 1 saturated carbocycles. The summed E-state index contributed by atoms with van der Waals surface area (Å²) in [5.74, 6) is 2.09. The minimum atomic E-state index is -0.854. The summed E-state index contributed by atoms with van der Waals surface area (Å²) in [6.45, 7) is 4.39. The third-order valence-electron chi connectivity index (χ3n) is 5.18. The molecule has 3 N–H and O–H groups in total. The number of phenols is 1. The molecule has 2 aliphatic rings. The maximum absolute atomic E-state index is 13.9. The molecule has 0 unspecified atom stereocenters. The van der Waals surface area contributed by atoms with Crippen molar-refractivity contribution < 1.29 is 14.3 Å². The molecule has 0 bridgehead atoms. The van der Waals surface area contributed by atoms with Crippen molar-refractivity contribution in [2.75, 3.05) is 0 Å². The number of aromatic hydroxyl groups is 1. The van der Waals surface area contributed by atoms with Gasteiger partial charge >= 0.3 is 0 Å². The molecule has 0 aromatic heterocycles. The van der Waals surface area contributed by atoms with Crippen LogP contribution >= 0.6 is 0 Å². The summed E-state index contributed by atoms with van der Waals surface area (Å²) >= 11 is 0. The molecular weight excluding hydrogens is 307 g/mol. The van der Waals surface area contributed by atoms with Crippen molar-refractivity contribution in [1.29, 1.82) is 0 Å². The van der Waals surface area contributed by atoms with Crippen LogP contribution < -0.4 is 5.73 Å². The van der Waals surface area contributed by atoms with Crippen LogP contribution in [0, 0.1) is 29.6 Å². The number of hydrogen-bond acceptors (Lipinski definition) is 3. The van der Waals surface area contributed by atoms with Crippen LogP contribution in [0.5, 0.6) is 5.75 Å². The Morgan fingerprint density at radius 2 is 1.96 bits per heavy atom. The predicted octanol–water partition coefficient (Wildman–Crippen LogP) is 2.99. The lowest BCUT2D eigenvalue weighted by molar-refractivity contribution is 0.0849. The Hall–Kier alpha value is -2.06. The first-order chi connectivity index (χ1) is 11.3. The zero-order valence-electron chi connectivity index (χ0n) is 14.1. The minimum absolute atomic E-state index is 0.0575. The second kappa shape index (κ2) is 6.10. The number of benzene rings is 1. The number of carbonyl (C=O) groups is 1. The van der Waals surface area contributed by atoms with E-state index in [1.54, 1.807) is 6.07 Å². The van der Waals surface area contributed by atoms with Gasteiger partial charge in [-0.2, -0.15) is 0 Å². The van der Waals surface area contributed by atoms with Crippen molar-refractivity contribution in [1.82, 2.24) is 4.90 Å². The van der Waals surface area contributed by atoms with E-state index in [9.17, 15) is 14.3 Å². The number of nitrogens with zero attached hydrogens (tertiary/aromatic N) is 1. The third kappa shape index (κ3) is 3.11. The number of phenolic OH excluding ortho intramolecular Hbond substituents is 1. The topological polar surface area (TPSA) is 66.6 Å². The first-order valence-corrected chi connectivity index (χ1v) is 8.39. The van der Waals surface area contributed by atoms with Crippen LogP contribution in [-0.4, -0.2) is 21.5 Å². The molecule has 1 aliphatic carbocycles. The lowest BCUT2D eigenvalue weighted by Gasteiger charge is -2.35. The van der Waals surface area contributed by atoms with E-state index in [1.807, 2.05) is 0 Å². The largest absolute Gasteiger partial charge is 0.505 e. The van der Waals surface area contributed by atoms with Crippen LogP contribution in [0.2, 0.25) is 0 Å². The fourth-order valence-electron chi connectivity index (χ4n) is 3.59. The lowest BCUT2D eigenvalue weighted by atomic mass is 9.74. The highest BCUT2D eigenvalue weighted by Gasteiger charge is 2.32. The second-order valence-electron chi connectivity index (χ2n) is 7.45. The van der Waals surface area contributed by atoms with Crippen LogP contribution in [0.15, 0.2) is 12.1 Å². The van der Waals surface area contributed by atoms with Crippen molar-refractivity contribution >= 4 is 5.91 Å². The van der Waals surface area contributed by atoms with Crippen LogP contribution in [0.25, 0.3) is 0 Å². The lowest BCUT2D eigenvalue weighted by Crippen LogP contribution is -2.42. The molecular formula is C19H23FN2O2. The maximum atomic E-state index is 13.9. The van der Waals surface area contributed by atoms with Gasteiger partial charge in [-0.15, -0.1) is 0 Å². The molecule has 1 fully saturated rings. The van der Waals surface area contributed by atoms with Crippen molar-refractivity contribution in [3.63, 3.8) is 0 Å². The average Bonchev–Trinajstić information content (AvgIpc) is 2.85. The Labute approximate surface area is 141 Å². The smallest absolute Gasteiger partial charge is 0.269 e. The number of hydrogen-bond donors (Lipinski definition) is 2. The van der Waals surface area contributed by atoms with Gasteiger partial charge in [0.1, 0.15) is 0 Å². The van der Waals surface area contributed by atoms with Crippen molar-refractivity contribution in [3.05, 3.63) is 29.1 Å². The van der Waals surface area contributed by atoms with E-state index in [1.165, 1.54) is 11.0 Å². The summed E-state index contributed by atoms with van der Waals surface area (Å²) in [5, 5.41) is 9.42. The molecule has 1 aliphatic heterocycles. The van der Waals surface area contributed by atoms with Crippen molar-refractivity contribution in [2.45, 2.75) is 51.6 Å². The van der Waals surface area contributed by atoms with E-state index in [2.05, 4.69) is 25.8 Å². The Bertz CT molecular complexity index is 719. The van der Waals surface area contributed by atoms with Crippen LogP contribution in [0.1, 0.15) is 55.5 Å². The summed E-state index contributed by atoms with van der Waals surface area (Å²) in [7, 11) is 0. The number of rotatable bonds is 1. The van der Waals surface area contributed by atoms with Crippen molar-refractivity contribution in [3.8, 4) is 17.7 Å². The number of carbonyl (C=O) groups excluding carboxylic acids is 1. The van der Waals surface area contributed by atoms with Crippen molar-refractivity contribution in [2.24, 2.45) is 17.6 Å². The van der Waals surface area contributed by atoms with Gasteiger partial charge in [-0.3, -0.25) is 9.69 Å². The van der Waals surface area contributed by atoms with Gasteiger partial charge in [-0.25, -0.2) is 4.39 Å². The van der Waals surface area contributed by atoms with Gasteiger partial charge in [0.05, 0.1) is 12.1 Å². The van der Waals surface area contributed by atoms with Gasteiger partial charge in [-0.05, 0) is 57.1 Å². The minimum Gasteiger partial charge on any atom is -0.505 e. The Morgan fingerprint density at radius 1 is 1.29 bits per heavy atom. The van der Waals surface area contributed by atoms with Gasteiger partial charge in [-0.1, -0.05) is 12.0 Å². The van der Waals surface area contributed by atoms with Crippen LogP contribution in [-0.2, 0) is 6.54 Å². The maximum Gasteiger partial charge on any atom is 0.269 e. The van der Waals surface area contributed by atoms with Gasteiger partial charge in [0.15, 0.2) is 11.6 Å². The first-order valence-electron chi connectivity index (χ1n) is 8.39. The molecule has 1 aromatic rings. The van der Waals surface area contributed by atoms with Crippen LogP contribution in [0.3, 0.4) is 0 Å². The van der Waals surface area contributed by atoms with Gasteiger partial charge in [0.2, 0.25) is 0 Å². The highest BCUT2D eigenvalue weighted by molar-refractivity contribution is 6.00. The fraction of sp³-hybridized carbons (Fsp3) is 0.526. The van der Waals surface area contributed by atoms with E-state index in [0.717, 1.165) is 25.7 Å². The normalized spacial score (nSPS) is 23.7. The fourth-order valence-corrected chi connectivity index (χ4v) is 3.59. The number of nitrogens with two attached hydrogens (primary N) is 1. The zero-order valence-corrected chi connectivity index (χ0v) is 14.1. The number of halogens is 1. The van der Waals surface area contributed by atoms with Gasteiger partial charge in [0, 0.05) is 17.5 Å². The summed E-state index contributed by atoms with van der Waals surface area (Å²) < 4.78 is 13.9. The number of amides is 1. The highest BCUT2D eigenvalue weighted by atomic mass is 19.1. The molecule has 128 valence electrons. The molecule has 1 aromatic carbocycles. The molecule has 0 radical (unpaired) electrons. The molecule has 3 rings (SSSR count). The molecule has 1 amide bonds. The molecule has 0 saturated heterocycles. The Morgan fingerprint density at radius 3 is 2.58 bits per heavy atom. The molecule has 0 spiro atoms.